The maximum absolute atomic E-state index is 8.90. The number of hydrogen-bond donors (Lipinski definition) is 1. The third-order valence-corrected chi connectivity index (χ3v) is 4.20. The number of aromatic amines is 1. The van der Waals surface area contributed by atoms with Crippen molar-refractivity contribution in [2.75, 3.05) is 0 Å². The predicted molar refractivity (Wildman–Crippen MR) is 113 cm³/mol. The molecule has 4 aromatic heterocycles. The minimum atomic E-state index is 0.618. The van der Waals surface area contributed by atoms with Crippen LogP contribution in [0.25, 0.3) is 28.5 Å². The lowest BCUT2D eigenvalue weighted by Crippen LogP contribution is -1.95. The van der Waals surface area contributed by atoms with Gasteiger partial charge in [0.15, 0.2) is 0 Å². The van der Waals surface area contributed by atoms with Crippen molar-refractivity contribution in [3.63, 3.8) is 0 Å². The molecule has 7 heteroatoms. The fraction of sp³-hybridized carbons (Fsp3) is 0. The monoisotopic (exact) mass is 391 g/mol. The van der Waals surface area contributed by atoms with Gasteiger partial charge in [0.1, 0.15) is 5.69 Å². The molecule has 7 nitrogen and oxygen atoms in total. The van der Waals surface area contributed by atoms with Crippen LogP contribution in [0.3, 0.4) is 0 Å². The first-order valence-electron chi connectivity index (χ1n) is 9.22. The van der Waals surface area contributed by atoms with Gasteiger partial charge in [-0.2, -0.15) is 15.5 Å². The number of nitrogens with one attached hydrogen (secondary N) is 1. The average Bonchev–Trinajstić information content (AvgIpc) is 3.54. The fourth-order valence-electron chi connectivity index (χ4n) is 2.76. The molecule has 0 aliphatic heterocycles. The molecule has 0 radical (unpaired) electrons. The summed E-state index contributed by atoms with van der Waals surface area (Å²) >= 11 is 0. The zero-order chi connectivity index (χ0) is 20.6. The predicted octanol–water partition coefficient (Wildman–Crippen LogP) is 4.28. The number of H-pyrrole nitrogens is 1. The van der Waals surface area contributed by atoms with Gasteiger partial charge in [-0.15, -0.1) is 0 Å². The summed E-state index contributed by atoms with van der Waals surface area (Å²) in [7, 11) is 0. The van der Waals surface area contributed by atoms with Crippen molar-refractivity contribution >= 4 is 0 Å². The smallest absolute Gasteiger partial charge is 0.111 e. The molecular formula is C23H17N7. The molecule has 0 atom stereocenters. The van der Waals surface area contributed by atoms with E-state index in [1.54, 1.807) is 35.4 Å². The van der Waals surface area contributed by atoms with Gasteiger partial charge in [0.25, 0.3) is 0 Å². The lowest BCUT2D eigenvalue weighted by molar-refractivity contribution is 0.882. The van der Waals surface area contributed by atoms with Crippen LogP contribution in [-0.2, 0) is 0 Å². The van der Waals surface area contributed by atoms with E-state index in [9.17, 15) is 0 Å². The molecule has 0 aliphatic carbocycles. The zero-order valence-corrected chi connectivity index (χ0v) is 15.9. The number of nitrogens with zero attached hydrogens (tertiary/aromatic N) is 6. The summed E-state index contributed by atoms with van der Waals surface area (Å²) in [6.45, 7) is 0. The van der Waals surface area contributed by atoms with Crippen LogP contribution in [0.5, 0.6) is 0 Å². The average molecular weight is 391 g/mol. The Morgan fingerprint density at radius 2 is 1.57 bits per heavy atom. The summed E-state index contributed by atoms with van der Waals surface area (Å²) in [5.74, 6) is 0. The third kappa shape index (κ3) is 4.46. The zero-order valence-electron chi connectivity index (χ0n) is 15.9. The largest absolute Gasteiger partial charge is 0.276 e. The number of nitriles is 1. The first kappa shape index (κ1) is 18.8. The summed E-state index contributed by atoms with van der Waals surface area (Å²) in [5.41, 5.74) is 4.99. The summed E-state index contributed by atoms with van der Waals surface area (Å²) in [5, 5.41) is 20.0. The van der Waals surface area contributed by atoms with Gasteiger partial charge in [-0.1, -0.05) is 18.2 Å². The molecular weight excluding hydrogens is 374 g/mol. The third-order valence-electron chi connectivity index (χ3n) is 4.20. The Morgan fingerprint density at radius 3 is 2.23 bits per heavy atom. The molecule has 0 saturated heterocycles. The van der Waals surface area contributed by atoms with Crippen molar-refractivity contribution < 1.29 is 0 Å². The van der Waals surface area contributed by atoms with Gasteiger partial charge >= 0.3 is 0 Å². The number of rotatable bonds is 3. The highest BCUT2D eigenvalue weighted by Gasteiger charge is 2.04. The number of benzene rings is 1. The van der Waals surface area contributed by atoms with E-state index in [0.717, 1.165) is 28.5 Å². The minimum Gasteiger partial charge on any atom is -0.276 e. The SMILES string of the molecule is N#Cc1cccc(-n2ccc(-c3ccccn3)n2)c1.c1ccc(-c2ccn[nH]2)nc1. The summed E-state index contributed by atoms with van der Waals surface area (Å²) < 4.78 is 1.74. The van der Waals surface area contributed by atoms with Gasteiger partial charge in [0, 0.05) is 24.8 Å². The fourth-order valence-corrected chi connectivity index (χ4v) is 2.76. The van der Waals surface area contributed by atoms with Crippen LogP contribution in [0.2, 0.25) is 0 Å². The normalized spacial score (nSPS) is 9.97. The molecule has 1 aromatic carbocycles. The molecule has 0 aliphatic rings. The molecule has 0 unspecified atom stereocenters. The highest BCUT2D eigenvalue weighted by Crippen LogP contribution is 2.16. The minimum absolute atomic E-state index is 0.618. The Bertz CT molecular complexity index is 1240. The molecule has 0 fully saturated rings. The van der Waals surface area contributed by atoms with E-state index < -0.39 is 0 Å². The first-order chi connectivity index (χ1) is 14.8. The first-order valence-corrected chi connectivity index (χ1v) is 9.22. The Labute approximate surface area is 173 Å². The lowest BCUT2D eigenvalue weighted by Gasteiger charge is -2.01. The molecule has 0 bridgehead atoms. The van der Waals surface area contributed by atoms with Crippen molar-refractivity contribution in [1.82, 2.24) is 29.9 Å². The van der Waals surface area contributed by atoms with E-state index >= 15 is 0 Å². The molecule has 5 aromatic rings. The Kier molecular flexibility index (Phi) is 5.68. The highest BCUT2D eigenvalue weighted by molar-refractivity contribution is 5.54. The topological polar surface area (TPSA) is 96.1 Å². The van der Waals surface area contributed by atoms with Crippen LogP contribution in [0.15, 0.2) is 97.6 Å². The molecule has 0 saturated carbocycles. The Hall–Kier alpha value is -4.57. The van der Waals surface area contributed by atoms with Gasteiger partial charge in [0.05, 0.1) is 34.4 Å². The van der Waals surface area contributed by atoms with Gasteiger partial charge in [0.2, 0.25) is 0 Å². The van der Waals surface area contributed by atoms with Crippen molar-refractivity contribution in [1.29, 1.82) is 5.26 Å². The summed E-state index contributed by atoms with van der Waals surface area (Å²) in [4.78, 5) is 8.41. The molecule has 144 valence electrons. The number of hydrogen-bond acceptors (Lipinski definition) is 5. The molecule has 1 N–H and O–H groups in total. The van der Waals surface area contributed by atoms with E-state index in [1.165, 1.54) is 0 Å². The summed E-state index contributed by atoms with van der Waals surface area (Å²) in [6, 6.07) is 24.7. The van der Waals surface area contributed by atoms with Gasteiger partial charge in [-0.05, 0) is 54.6 Å². The van der Waals surface area contributed by atoms with E-state index in [1.807, 2.05) is 66.9 Å². The van der Waals surface area contributed by atoms with Crippen molar-refractivity contribution in [2.45, 2.75) is 0 Å². The van der Waals surface area contributed by atoms with Gasteiger partial charge in [-0.25, -0.2) is 4.68 Å². The van der Waals surface area contributed by atoms with Crippen LogP contribution >= 0.6 is 0 Å². The molecule has 5 rings (SSSR count). The summed E-state index contributed by atoms with van der Waals surface area (Å²) in [6.07, 6.45) is 7.07. The van der Waals surface area contributed by atoms with E-state index in [4.69, 9.17) is 5.26 Å². The Balaban J connectivity index is 0.000000168. The van der Waals surface area contributed by atoms with Crippen molar-refractivity contribution in [3.8, 4) is 34.5 Å². The van der Waals surface area contributed by atoms with Crippen molar-refractivity contribution in [3.05, 3.63) is 103 Å². The lowest BCUT2D eigenvalue weighted by atomic mass is 10.2. The van der Waals surface area contributed by atoms with Crippen LogP contribution in [-0.4, -0.2) is 29.9 Å². The quantitative estimate of drug-likeness (QED) is 0.495. The molecule has 0 amide bonds. The van der Waals surface area contributed by atoms with E-state index in [2.05, 4.69) is 31.3 Å². The second-order valence-corrected chi connectivity index (χ2v) is 6.21. The highest BCUT2D eigenvalue weighted by atomic mass is 15.3. The van der Waals surface area contributed by atoms with Gasteiger partial charge < -0.3 is 0 Å². The molecule has 30 heavy (non-hydrogen) atoms. The van der Waals surface area contributed by atoms with Crippen LogP contribution in [0.4, 0.5) is 0 Å². The van der Waals surface area contributed by atoms with Crippen molar-refractivity contribution in [2.24, 2.45) is 0 Å². The van der Waals surface area contributed by atoms with Crippen LogP contribution < -0.4 is 0 Å². The Morgan fingerprint density at radius 1 is 0.767 bits per heavy atom. The molecule has 4 heterocycles. The van der Waals surface area contributed by atoms with Crippen LogP contribution in [0, 0.1) is 11.3 Å². The second kappa shape index (κ2) is 9.08. The standard InChI is InChI=1S/C15H10N4.C8H7N3/c16-11-12-4-3-5-13(10-12)19-9-7-15(18-19)14-6-1-2-8-17-14;1-2-5-9-7(3-1)8-4-6-10-11-8/h1-10H;1-6H,(H,10,11). The molecule has 0 spiro atoms. The second-order valence-electron chi connectivity index (χ2n) is 6.21. The maximum Gasteiger partial charge on any atom is 0.111 e. The number of pyridine rings is 2. The van der Waals surface area contributed by atoms with Crippen LogP contribution in [0.1, 0.15) is 5.56 Å². The van der Waals surface area contributed by atoms with Gasteiger partial charge in [-0.3, -0.25) is 15.1 Å². The van der Waals surface area contributed by atoms with E-state index in [0.29, 0.717) is 5.56 Å². The maximum atomic E-state index is 8.90. The number of aromatic nitrogens is 6. The van der Waals surface area contributed by atoms with E-state index in [-0.39, 0.29) is 0 Å².